The van der Waals surface area contributed by atoms with Gasteiger partial charge < -0.3 is 9.47 Å². The van der Waals surface area contributed by atoms with Crippen molar-refractivity contribution in [1.82, 2.24) is 0 Å². The van der Waals surface area contributed by atoms with Crippen LogP contribution in [0, 0.1) is 28.6 Å². The van der Waals surface area contributed by atoms with Crippen molar-refractivity contribution in [3.8, 4) is 0 Å². The molecule has 3 rings (SSSR count). The Hall–Kier alpha value is -0.0800. The van der Waals surface area contributed by atoms with Gasteiger partial charge in [0.15, 0.2) is 5.79 Å². The summed E-state index contributed by atoms with van der Waals surface area (Å²) in [5.74, 6) is 2.17. The van der Waals surface area contributed by atoms with Crippen molar-refractivity contribution in [3.63, 3.8) is 0 Å². The van der Waals surface area contributed by atoms with E-state index in [0.29, 0.717) is 10.8 Å². The molecule has 0 radical (unpaired) electrons. The van der Waals surface area contributed by atoms with Gasteiger partial charge in [-0.3, -0.25) is 0 Å². The molecular formula is C17H30O2. The Morgan fingerprint density at radius 3 is 2.11 bits per heavy atom. The zero-order valence-corrected chi connectivity index (χ0v) is 13.3. The monoisotopic (exact) mass is 266 g/mol. The second kappa shape index (κ2) is 4.21. The van der Waals surface area contributed by atoms with Gasteiger partial charge in [0, 0.05) is 5.41 Å². The van der Waals surface area contributed by atoms with Gasteiger partial charge in [0.05, 0.1) is 13.2 Å². The van der Waals surface area contributed by atoms with Crippen LogP contribution in [0.3, 0.4) is 0 Å². The summed E-state index contributed by atoms with van der Waals surface area (Å²) in [6.07, 6.45) is 4.69. The van der Waals surface area contributed by atoms with E-state index in [1.165, 1.54) is 12.8 Å². The molecule has 1 spiro atoms. The van der Waals surface area contributed by atoms with Crippen molar-refractivity contribution in [2.75, 3.05) is 13.2 Å². The molecule has 1 aliphatic heterocycles. The average Bonchev–Trinajstić information content (AvgIpc) is 2.99. The smallest absolute Gasteiger partial charge is 0.167 e. The van der Waals surface area contributed by atoms with Gasteiger partial charge in [0.1, 0.15) is 0 Å². The molecule has 0 aromatic carbocycles. The molecule has 3 unspecified atom stereocenters. The first kappa shape index (κ1) is 13.9. The van der Waals surface area contributed by atoms with E-state index in [0.717, 1.165) is 43.8 Å². The first-order valence-electron chi connectivity index (χ1n) is 8.20. The molecule has 0 aromatic heterocycles. The zero-order chi connectivity index (χ0) is 13.9. The third-order valence-corrected chi connectivity index (χ3v) is 6.85. The van der Waals surface area contributed by atoms with Gasteiger partial charge in [-0.15, -0.1) is 0 Å². The van der Waals surface area contributed by atoms with Crippen molar-refractivity contribution in [3.05, 3.63) is 0 Å². The molecule has 2 nitrogen and oxygen atoms in total. The Labute approximate surface area is 118 Å². The second-order valence-corrected chi connectivity index (χ2v) is 7.81. The van der Waals surface area contributed by atoms with Crippen molar-refractivity contribution in [2.24, 2.45) is 28.6 Å². The Bertz CT molecular complexity index is 346. The van der Waals surface area contributed by atoms with Gasteiger partial charge >= 0.3 is 0 Å². The summed E-state index contributed by atoms with van der Waals surface area (Å²) in [4.78, 5) is 0. The summed E-state index contributed by atoms with van der Waals surface area (Å²) >= 11 is 0. The van der Waals surface area contributed by atoms with E-state index >= 15 is 0 Å². The fourth-order valence-corrected chi connectivity index (χ4v) is 5.19. The Morgan fingerprint density at radius 1 is 1.00 bits per heavy atom. The topological polar surface area (TPSA) is 18.5 Å². The summed E-state index contributed by atoms with van der Waals surface area (Å²) in [6.45, 7) is 13.5. The fourth-order valence-electron chi connectivity index (χ4n) is 5.19. The lowest BCUT2D eigenvalue weighted by Gasteiger charge is -2.51. The van der Waals surface area contributed by atoms with Gasteiger partial charge in [-0.25, -0.2) is 0 Å². The number of hydrogen-bond donors (Lipinski definition) is 0. The van der Waals surface area contributed by atoms with E-state index < -0.39 is 0 Å². The van der Waals surface area contributed by atoms with E-state index in [-0.39, 0.29) is 5.79 Å². The highest BCUT2D eigenvalue weighted by atomic mass is 16.7. The van der Waals surface area contributed by atoms with E-state index in [1.807, 2.05) is 0 Å². The van der Waals surface area contributed by atoms with Crippen molar-refractivity contribution < 1.29 is 9.47 Å². The predicted molar refractivity (Wildman–Crippen MR) is 76.8 cm³/mol. The summed E-state index contributed by atoms with van der Waals surface area (Å²) < 4.78 is 12.6. The van der Waals surface area contributed by atoms with E-state index in [4.69, 9.17) is 9.47 Å². The minimum Gasteiger partial charge on any atom is -0.349 e. The van der Waals surface area contributed by atoms with Gasteiger partial charge in [0.2, 0.25) is 0 Å². The number of fused-ring (bicyclic) bond motifs is 2. The van der Waals surface area contributed by atoms with Gasteiger partial charge in [0.25, 0.3) is 0 Å². The van der Waals surface area contributed by atoms with Gasteiger partial charge in [-0.2, -0.15) is 0 Å². The molecule has 0 aromatic rings. The maximum Gasteiger partial charge on any atom is 0.167 e. The average molecular weight is 266 g/mol. The molecule has 2 aliphatic carbocycles. The molecule has 0 amide bonds. The third kappa shape index (κ3) is 1.75. The molecule has 3 atom stereocenters. The van der Waals surface area contributed by atoms with Crippen LogP contribution in [0.5, 0.6) is 0 Å². The van der Waals surface area contributed by atoms with Crippen LogP contribution in [-0.2, 0) is 9.47 Å². The van der Waals surface area contributed by atoms with Crippen molar-refractivity contribution in [1.29, 1.82) is 0 Å². The molecule has 2 heteroatoms. The highest BCUT2D eigenvalue weighted by Gasteiger charge is 2.70. The van der Waals surface area contributed by atoms with Gasteiger partial charge in [-0.1, -0.05) is 34.6 Å². The SMILES string of the molecule is CCC1(CC)OCC2(CO1)C(C)CCC1C2C1(C)C. The van der Waals surface area contributed by atoms with Crippen LogP contribution in [-0.4, -0.2) is 19.0 Å². The minimum absolute atomic E-state index is 0.292. The molecule has 1 saturated heterocycles. The maximum absolute atomic E-state index is 6.30. The molecule has 110 valence electrons. The first-order valence-corrected chi connectivity index (χ1v) is 8.20. The lowest BCUT2D eigenvalue weighted by Crippen LogP contribution is -2.54. The molecule has 2 saturated carbocycles. The fraction of sp³-hybridized carbons (Fsp3) is 1.00. The third-order valence-electron chi connectivity index (χ3n) is 6.85. The molecule has 1 heterocycles. The highest BCUT2D eigenvalue weighted by molar-refractivity contribution is 5.17. The van der Waals surface area contributed by atoms with Crippen LogP contribution in [0.4, 0.5) is 0 Å². The first-order chi connectivity index (χ1) is 8.92. The predicted octanol–water partition coefficient (Wildman–Crippen LogP) is 4.24. The van der Waals surface area contributed by atoms with Crippen LogP contribution < -0.4 is 0 Å². The molecule has 3 aliphatic rings. The Balaban J connectivity index is 1.81. The van der Waals surface area contributed by atoms with Crippen LogP contribution in [0.2, 0.25) is 0 Å². The Kier molecular flexibility index (Phi) is 3.07. The standard InChI is InChI=1S/C17H30O2/c1-6-17(7-2)18-10-16(11-19-17)12(3)8-9-13-14(16)15(13,4)5/h12-14H,6-11H2,1-5H3. The lowest BCUT2D eigenvalue weighted by molar-refractivity contribution is -0.321. The van der Waals surface area contributed by atoms with Crippen molar-refractivity contribution in [2.45, 2.75) is 66.1 Å². The molecule has 0 N–H and O–H groups in total. The summed E-state index contributed by atoms with van der Waals surface area (Å²) in [7, 11) is 0. The molecule has 0 bridgehead atoms. The van der Waals surface area contributed by atoms with Crippen LogP contribution >= 0.6 is 0 Å². The second-order valence-electron chi connectivity index (χ2n) is 7.81. The molecule has 19 heavy (non-hydrogen) atoms. The zero-order valence-electron chi connectivity index (χ0n) is 13.3. The lowest BCUT2D eigenvalue weighted by atomic mass is 9.66. The van der Waals surface area contributed by atoms with E-state index in [1.54, 1.807) is 0 Å². The number of hydrogen-bond acceptors (Lipinski definition) is 2. The van der Waals surface area contributed by atoms with Crippen molar-refractivity contribution >= 4 is 0 Å². The summed E-state index contributed by atoms with van der Waals surface area (Å²) in [5.41, 5.74) is 0.802. The normalized spacial score (nSPS) is 41.8. The largest absolute Gasteiger partial charge is 0.349 e. The van der Waals surface area contributed by atoms with Crippen LogP contribution in [0.25, 0.3) is 0 Å². The summed E-state index contributed by atoms with van der Waals surface area (Å²) in [6, 6.07) is 0. The number of rotatable bonds is 2. The molecular weight excluding hydrogens is 236 g/mol. The highest BCUT2D eigenvalue weighted by Crippen LogP contribution is 2.73. The van der Waals surface area contributed by atoms with Crippen LogP contribution in [0.1, 0.15) is 60.3 Å². The maximum atomic E-state index is 6.30. The quantitative estimate of drug-likeness (QED) is 0.744. The summed E-state index contributed by atoms with van der Waals surface area (Å²) in [5, 5.41) is 0. The van der Waals surface area contributed by atoms with Gasteiger partial charge in [-0.05, 0) is 48.9 Å². The van der Waals surface area contributed by atoms with Crippen LogP contribution in [0.15, 0.2) is 0 Å². The minimum atomic E-state index is -0.295. The van der Waals surface area contributed by atoms with E-state index in [2.05, 4.69) is 34.6 Å². The molecule has 3 fully saturated rings. The van der Waals surface area contributed by atoms with E-state index in [9.17, 15) is 0 Å². The number of ether oxygens (including phenoxy) is 2. The Morgan fingerprint density at radius 2 is 1.58 bits per heavy atom.